The zero-order valence-electron chi connectivity index (χ0n) is 6.95. The van der Waals surface area contributed by atoms with Crippen molar-refractivity contribution in [3.8, 4) is 5.95 Å². The maximum Gasteiger partial charge on any atom is 0.282 e. The highest BCUT2D eigenvalue weighted by Gasteiger charge is 2.09. The maximum absolute atomic E-state index is 9.19. The number of hydrogen-bond donors (Lipinski definition) is 1. The van der Waals surface area contributed by atoms with Crippen LogP contribution in [0, 0.1) is 0 Å². The van der Waals surface area contributed by atoms with Gasteiger partial charge in [0.25, 0.3) is 5.95 Å². The molecular weight excluding hydrogens is 204 g/mol. The predicted molar refractivity (Wildman–Crippen MR) is 52.7 cm³/mol. The first-order chi connectivity index (χ1) is 6.74. The molecule has 3 aromatic rings. The summed E-state index contributed by atoms with van der Waals surface area (Å²) in [5.74, 6) is -0.107. The van der Waals surface area contributed by atoms with Crippen molar-refractivity contribution in [2.75, 3.05) is 0 Å². The molecule has 0 atom stereocenters. The molecule has 0 saturated heterocycles. The average molecular weight is 209 g/mol. The van der Waals surface area contributed by atoms with Crippen LogP contribution in [0.3, 0.4) is 0 Å². The van der Waals surface area contributed by atoms with Crippen LogP contribution >= 0.6 is 11.6 Å². The summed E-state index contributed by atoms with van der Waals surface area (Å²) < 4.78 is 10.3. The summed E-state index contributed by atoms with van der Waals surface area (Å²) >= 11 is 5.73. The Labute approximate surface area is 83.5 Å². The van der Waals surface area contributed by atoms with Crippen LogP contribution in [0.1, 0.15) is 0 Å². The number of furan rings is 2. The van der Waals surface area contributed by atoms with Crippen LogP contribution in [0.5, 0.6) is 5.95 Å². The molecular formula is C10H5ClO3. The summed E-state index contributed by atoms with van der Waals surface area (Å²) in [5.41, 5.74) is 1.30. The first-order valence-corrected chi connectivity index (χ1v) is 4.42. The fraction of sp³-hybridized carbons (Fsp3) is 0. The number of halogens is 1. The van der Waals surface area contributed by atoms with Gasteiger partial charge in [-0.2, -0.15) is 0 Å². The van der Waals surface area contributed by atoms with Gasteiger partial charge in [-0.05, 0) is 23.7 Å². The van der Waals surface area contributed by atoms with Crippen molar-refractivity contribution >= 4 is 33.5 Å². The molecule has 0 unspecified atom stereocenters. The Hall–Kier alpha value is -1.61. The van der Waals surface area contributed by atoms with Gasteiger partial charge in [0.05, 0.1) is 0 Å². The van der Waals surface area contributed by atoms with Crippen molar-refractivity contribution in [3.63, 3.8) is 0 Å². The van der Waals surface area contributed by atoms with E-state index in [0.29, 0.717) is 16.4 Å². The fourth-order valence-electron chi connectivity index (χ4n) is 1.59. The third-order valence-electron chi connectivity index (χ3n) is 2.15. The zero-order valence-corrected chi connectivity index (χ0v) is 7.71. The van der Waals surface area contributed by atoms with Gasteiger partial charge in [0.1, 0.15) is 11.2 Å². The van der Waals surface area contributed by atoms with E-state index >= 15 is 0 Å². The standard InChI is InChI=1S/C10H5ClO3/c11-9-3-5-6-4-10(12)14-8(6)2-1-7(5)13-9/h1-4,12H. The topological polar surface area (TPSA) is 46.5 Å². The van der Waals surface area contributed by atoms with E-state index in [1.165, 1.54) is 0 Å². The average Bonchev–Trinajstić information content (AvgIpc) is 2.65. The highest BCUT2D eigenvalue weighted by Crippen LogP contribution is 2.33. The largest absolute Gasteiger partial charge is 0.481 e. The van der Waals surface area contributed by atoms with E-state index in [9.17, 15) is 5.11 Å². The van der Waals surface area contributed by atoms with Crippen molar-refractivity contribution in [1.82, 2.24) is 0 Å². The van der Waals surface area contributed by atoms with Crippen molar-refractivity contribution in [1.29, 1.82) is 0 Å². The van der Waals surface area contributed by atoms with Crippen molar-refractivity contribution in [3.05, 3.63) is 29.5 Å². The molecule has 0 aliphatic rings. The number of benzene rings is 1. The van der Waals surface area contributed by atoms with Crippen LogP contribution < -0.4 is 0 Å². The van der Waals surface area contributed by atoms with E-state index < -0.39 is 0 Å². The van der Waals surface area contributed by atoms with Crippen molar-refractivity contribution in [2.24, 2.45) is 0 Å². The molecule has 3 nitrogen and oxygen atoms in total. The number of aromatic hydroxyl groups is 1. The normalized spacial score (nSPS) is 11.5. The minimum Gasteiger partial charge on any atom is -0.481 e. The summed E-state index contributed by atoms with van der Waals surface area (Å²) in [7, 11) is 0. The highest BCUT2D eigenvalue weighted by atomic mass is 35.5. The Kier molecular flexibility index (Phi) is 1.36. The van der Waals surface area contributed by atoms with E-state index in [-0.39, 0.29) is 5.95 Å². The van der Waals surface area contributed by atoms with Gasteiger partial charge in [-0.1, -0.05) is 0 Å². The lowest BCUT2D eigenvalue weighted by Crippen LogP contribution is -1.64. The lowest BCUT2D eigenvalue weighted by molar-refractivity contribution is 0.346. The molecule has 3 rings (SSSR count). The molecule has 0 saturated carbocycles. The fourth-order valence-corrected chi connectivity index (χ4v) is 1.78. The SMILES string of the molecule is Oc1cc2c(ccc3oc(Cl)cc32)o1. The number of rotatable bonds is 0. The predicted octanol–water partition coefficient (Wildman–Crippen LogP) is 3.54. The van der Waals surface area contributed by atoms with Crippen LogP contribution in [0.2, 0.25) is 5.22 Å². The Morgan fingerprint density at radius 2 is 1.64 bits per heavy atom. The smallest absolute Gasteiger partial charge is 0.282 e. The second kappa shape index (κ2) is 2.45. The zero-order chi connectivity index (χ0) is 9.71. The molecule has 0 fully saturated rings. The van der Waals surface area contributed by atoms with Crippen LogP contribution in [0.25, 0.3) is 21.9 Å². The molecule has 2 heterocycles. The molecule has 0 bridgehead atoms. The summed E-state index contributed by atoms with van der Waals surface area (Å²) in [6.07, 6.45) is 0. The Morgan fingerprint density at radius 1 is 1.00 bits per heavy atom. The van der Waals surface area contributed by atoms with Crippen LogP contribution in [0.15, 0.2) is 33.1 Å². The molecule has 0 spiro atoms. The van der Waals surface area contributed by atoms with E-state index in [2.05, 4.69) is 0 Å². The van der Waals surface area contributed by atoms with Gasteiger partial charge in [-0.25, -0.2) is 0 Å². The van der Waals surface area contributed by atoms with Gasteiger partial charge in [-0.15, -0.1) is 0 Å². The minimum absolute atomic E-state index is 0.107. The van der Waals surface area contributed by atoms with Gasteiger partial charge >= 0.3 is 0 Å². The molecule has 4 heteroatoms. The molecule has 1 aromatic carbocycles. The maximum atomic E-state index is 9.19. The van der Waals surface area contributed by atoms with E-state index in [0.717, 1.165) is 10.8 Å². The summed E-state index contributed by atoms with van der Waals surface area (Å²) in [6.45, 7) is 0. The molecule has 0 radical (unpaired) electrons. The van der Waals surface area contributed by atoms with Crippen LogP contribution in [-0.2, 0) is 0 Å². The quantitative estimate of drug-likeness (QED) is 0.615. The number of fused-ring (bicyclic) bond motifs is 3. The first kappa shape index (κ1) is 7.76. The van der Waals surface area contributed by atoms with Crippen LogP contribution in [-0.4, -0.2) is 5.11 Å². The van der Waals surface area contributed by atoms with Crippen LogP contribution in [0.4, 0.5) is 0 Å². The summed E-state index contributed by atoms with van der Waals surface area (Å²) in [6, 6.07) is 6.74. The highest BCUT2D eigenvalue weighted by molar-refractivity contribution is 6.30. The van der Waals surface area contributed by atoms with Gasteiger partial charge < -0.3 is 13.9 Å². The van der Waals surface area contributed by atoms with Gasteiger partial charge in [0, 0.05) is 22.9 Å². The molecule has 0 aliphatic heterocycles. The molecule has 0 amide bonds. The van der Waals surface area contributed by atoms with E-state index in [1.807, 2.05) is 0 Å². The molecule has 14 heavy (non-hydrogen) atoms. The summed E-state index contributed by atoms with van der Waals surface area (Å²) in [4.78, 5) is 0. The molecule has 70 valence electrons. The molecule has 1 N–H and O–H groups in total. The second-order valence-electron chi connectivity index (χ2n) is 3.02. The second-order valence-corrected chi connectivity index (χ2v) is 3.40. The molecule has 2 aromatic heterocycles. The Bertz CT molecular complexity index is 565. The van der Waals surface area contributed by atoms with E-state index in [1.54, 1.807) is 24.3 Å². The number of hydrogen-bond acceptors (Lipinski definition) is 3. The van der Waals surface area contributed by atoms with Crippen molar-refractivity contribution < 1.29 is 13.9 Å². The van der Waals surface area contributed by atoms with Crippen molar-refractivity contribution in [2.45, 2.75) is 0 Å². The van der Waals surface area contributed by atoms with Gasteiger partial charge in [0.15, 0.2) is 5.22 Å². The third-order valence-corrected chi connectivity index (χ3v) is 2.34. The lowest BCUT2D eigenvalue weighted by Gasteiger charge is -1.87. The summed E-state index contributed by atoms with van der Waals surface area (Å²) in [5, 5.41) is 11.2. The Morgan fingerprint density at radius 3 is 2.43 bits per heavy atom. The lowest BCUT2D eigenvalue weighted by atomic mass is 10.2. The Balaban J connectivity index is 2.58. The monoisotopic (exact) mass is 208 g/mol. The third kappa shape index (κ3) is 0.930. The first-order valence-electron chi connectivity index (χ1n) is 4.04. The van der Waals surface area contributed by atoms with E-state index in [4.69, 9.17) is 20.4 Å². The van der Waals surface area contributed by atoms with Gasteiger partial charge in [-0.3, -0.25) is 0 Å². The minimum atomic E-state index is -0.107. The molecule has 0 aliphatic carbocycles. The van der Waals surface area contributed by atoms with Gasteiger partial charge in [0.2, 0.25) is 0 Å².